The van der Waals surface area contributed by atoms with Crippen LogP contribution in [0.4, 0.5) is 5.69 Å². The molecule has 1 N–H and O–H groups in total. The van der Waals surface area contributed by atoms with Crippen LogP contribution in [0.15, 0.2) is 43.0 Å². The number of para-hydroxylation sites is 1. The Bertz CT molecular complexity index is 333. The van der Waals surface area contributed by atoms with Gasteiger partial charge in [-0.25, -0.2) is 0 Å². The van der Waals surface area contributed by atoms with E-state index in [0.717, 1.165) is 5.69 Å². The van der Waals surface area contributed by atoms with Gasteiger partial charge in [0.15, 0.2) is 0 Å². The lowest BCUT2D eigenvalue weighted by Crippen LogP contribution is -2.56. The minimum absolute atomic E-state index is 0.190. The van der Waals surface area contributed by atoms with Crippen molar-refractivity contribution in [2.24, 2.45) is 0 Å². The normalized spacial score (nSPS) is 13.1. The zero-order valence-electron chi connectivity index (χ0n) is 10.5. The molecule has 0 saturated heterocycles. The van der Waals surface area contributed by atoms with Crippen LogP contribution in [0.25, 0.3) is 0 Å². The van der Waals surface area contributed by atoms with E-state index in [1.165, 1.54) is 0 Å². The Balaban J connectivity index is 2.87. The van der Waals surface area contributed by atoms with Gasteiger partial charge in [-0.05, 0) is 12.1 Å². The average molecular weight is 253 g/mol. The smallest absolute Gasteiger partial charge is 0.375 e. The van der Waals surface area contributed by atoms with Crippen molar-refractivity contribution in [1.29, 1.82) is 0 Å². The lowest BCUT2D eigenvalue weighted by atomic mass is 10.3. The van der Waals surface area contributed by atoms with Crippen LogP contribution in [0, 0.1) is 0 Å². The van der Waals surface area contributed by atoms with E-state index in [0.29, 0.717) is 0 Å². The molecule has 1 rings (SSSR count). The molecule has 0 amide bonds. The summed E-state index contributed by atoms with van der Waals surface area (Å²) < 4.78 is 16.3. The Morgan fingerprint density at radius 1 is 1.12 bits per heavy atom. The molecule has 0 spiro atoms. The SMILES string of the molecule is C=CC(Nc1ccccc1)[Si](OC)(OC)OC. The van der Waals surface area contributed by atoms with Crippen molar-refractivity contribution in [3.05, 3.63) is 43.0 Å². The van der Waals surface area contributed by atoms with Gasteiger partial charge in [0, 0.05) is 27.0 Å². The van der Waals surface area contributed by atoms with Crippen LogP contribution in [0.1, 0.15) is 0 Å². The van der Waals surface area contributed by atoms with Crippen molar-refractivity contribution >= 4 is 14.5 Å². The fraction of sp³-hybridized carbons (Fsp3) is 0.333. The minimum Gasteiger partial charge on any atom is -0.375 e. The Kier molecular flexibility index (Phi) is 5.37. The van der Waals surface area contributed by atoms with Crippen molar-refractivity contribution in [2.45, 2.75) is 5.67 Å². The maximum absolute atomic E-state index is 5.42. The molecule has 1 aromatic carbocycles. The Hall–Kier alpha value is -1.14. The van der Waals surface area contributed by atoms with Gasteiger partial charge >= 0.3 is 8.80 Å². The minimum atomic E-state index is -2.76. The molecule has 94 valence electrons. The first-order valence-electron chi connectivity index (χ1n) is 5.32. The first kappa shape index (κ1) is 13.9. The number of hydrogen-bond acceptors (Lipinski definition) is 4. The van der Waals surface area contributed by atoms with Crippen LogP contribution in [0.3, 0.4) is 0 Å². The summed E-state index contributed by atoms with van der Waals surface area (Å²) in [4.78, 5) is 0. The molecule has 0 radical (unpaired) electrons. The van der Waals surface area contributed by atoms with Gasteiger partial charge in [-0.3, -0.25) is 0 Å². The zero-order valence-corrected chi connectivity index (χ0v) is 11.5. The van der Waals surface area contributed by atoms with E-state index in [-0.39, 0.29) is 5.67 Å². The highest BCUT2D eigenvalue weighted by Gasteiger charge is 2.46. The predicted octanol–water partition coefficient (Wildman–Crippen LogP) is 2.07. The van der Waals surface area contributed by atoms with Gasteiger partial charge in [0.1, 0.15) is 5.67 Å². The molecular weight excluding hydrogens is 234 g/mol. The van der Waals surface area contributed by atoms with Crippen LogP contribution < -0.4 is 5.32 Å². The Morgan fingerprint density at radius 3 is 2.06 bits per heavy atom. The molecule has 0 saturated carbocycles. The first-order chi connectivity index (χ1) is 8.22. The summed E-state index contributed by atoms with van der Waals surface area (Å²) in [6.07, 6.45) is 1.75. The maximum Gasteiger partial charge on any atom is 0.527 e. The first-order valence-corrected chi connectivity index (χ1v) is 7.12. The second-order valence-corrected chi connectivity index (χ2v) is 6.49. The highest BCUT2D eigenvalue weighted by Crippen LogP contribution is 2.18. The Morgan fingerprint density at radius 2 is 1.65 bits per heavy atom. The highest BCUT2D eigenvalue weighted by atomic mass is 28.4. The second-order valence-electron chi connectivity index (χ2n) is 3.44. The van der Waals surface area contributed by atoms with Crippen LogP contribution >= 0.6 is 0 Å². The number of nitrogens with one attached hydrogen (secondary N) is 1. The van der Waals surface area contributed by atoms with Gasteiger partial charge in [0.05, 0.1) is 0 Å². The molecule has 17 heavy (non-hydrogen) atoms. The van der Waals surface area contributed by atoms with Crippen molar-refractivity contribution < 1.29 is 13.3 Å². The number of hydrogen-bond donors (Lipinski definition) is 1. The summed E-state index contributed by atoms with van der Waals surface area (Å²) in [7, 11) is 2.00. The third kappa shape index (κ3) is 3.16. The molecule has 5 heteroatoms. The van der Waals surface area contributed by atoms with Crippen LogP contribution in [0.5, 0.6) is 0 Å². The van der Waals surface area contributed by atoms with E-state index >= 15 is 0 Å². The van der Waals surface area contributed by atoms with E-state index in [4.69, 9.17) is 13.3 Å². The standard InChI is InChI=1S/C12H19NO3Si/c1-5-12(17(14-2,15-3)16-4)13-11-9-7-6-8-10-11/h5-10,12-13H,1H2,2-4H3. The summed E-state index contributed by atoms with van der Waals surface area (Å²) in [5.74, 6) is 0. The van der Waals surface area contributed by atoms with Gasteiger partial charge < -0.3 is 18.6 Å². The summed E-state index contributed by atoms with van der Waals surface area (Å²) in [6.45, 7) is 3.80. The molecular formula is C12H19NO3Si. The van der Waals surface area contributed by atoms with Crippen molar-refractivity contribution in [3.8, 4) is 0 Å². The van der Waals surface area contributed by atoms with Gasteiger partial charge in [-0.15, -0.1) is 6.58 Å². The topological polar surface area (TPSA) is 39.7 Å². The third-order valence-electron chi connectivity index (χ3n) is 2.57. The summed E-state index contributed by atoms with van der Waals surface area (Å²) in [5, 5.41) is 3.29. The third-order valence-corrected chi connectivity index (χ3v) is 5.42. The number of rotatable bonds is 7. The van der Waals surface area contributed by atoms with Gasteiger partial charge in [0.2, 0.25) is 0 Å². The predicted molar refractivity (Wildman–Crippen MR) is 70.8 cm³/mol. The highest BCUT2D eigenvalue weighted by molar-refractivity contribution is 6.63. The molecule has 0 aromatic heterocycles. The number of anilines is 1. The number of benzene rings is 1. The molecule has 1 aromatic rings. The quantitative estimate of drug-likeness (QED) is 0.596. The molecule has 0 bridgehead atoms. The van der Waals surface area contributed by atoms with Crippen molar-refractivity contribution in [2.75, 3.05) is 26.6 Å². The summed E-state index contributed by atoms with van der Waals surface area (Å²) in [6, 6.07) is 9.81. The molecule has 1 unspecified atom stereocenters. The fourth-order valence-electron chi connectivity index (χ4n) is 1.64. The zero-order chi connectivity index (χ0) is 12.7. The fourth-order valence-corrected chi connectivity index (χ4v) is 3.53. The molecule has 1 atom stereocenters. The van der Waals surface area contributed by atoms with E-state index in [2.05, 4.69) is 11.9 Å². The monoisotopic (exact) mass is 253 g/mol. The molecule has 0 fully saturated rings. The van der Waals surface area contributed by atoms with E-state index in [1.807, 2.05) is 30.3 Å². The van der Waals surface area contributed by atoms with E-state index in [1.54, 1.807) is 27.4 Å². The van der Waals surface area contributed by atoms with Crippen molar-refractivity contribution in [3.63, 3.8) is 0 Å². The molecule has 0 heterocycles. The summed E-state index contributed by atoms with van der Waals surface area (Å²) >= 11 is 0. The van der Waals surface area contributed by atoms with Gasteiger partial charge in [-0.1, -0.05) is 24.3 Å². The maximum atomic E-state index is 5.42. The molecule has 0 aliphatic rings. The van der Waals surface area contributed by atoms with Crippen LogP contribution in [0.2, 0.25) is 0 Å². The lowest BCUT2D eigenvalue weighted by Gasteiger charge is -2.31. The molecule has 4 nitrogen and oxygen atoms in total. The van der Waals surface area contributed by atoms with E-state index in [9.17, 15) is 0 Å². The lowest BCUT2D eigenvalue weighted by molar-refractivity contribution is 0.120. The largest absolute Gasteiger partial charge is 0.527 e. The van der Waals surface area contributed by atoms with Gasteiger partial charge in [0.25, 0.3) is 0 Å². The summed E-state index contributed by atoms with van der Waals surface area (Å²) in [5.41, 5.74) is 0.783. The molecule has 0 aliphatic heterocycles. The van der Waals surface area contributed by atoms with E-state index < -0.39 is 8.80 Å². The van der Waals surface area contributed by atoms with Crippen LogP contribution in [-0.2, 0) is 13.3 Å². The second kappa shape index (κ2) is 6.56. The van der Waals surface area contributed by atoms with Crippen molar-refractivity contribution in [1.82, 2.24) is 0 Å². The van der Waals surface area contributed by atoms with Gasteiger partial charge in [-0.2, -0.15) is 0 Å². The van der Waals surface area contributed by atoms with Crippen LogP contribution in [-0.4, -0.2) is 35.8 Å². The average Bonchev–Trinajstić information content (AvgIpc) is 2.41. The molecule has 0 aliphatic carbocycles. The Labute approximate surface area is 104 Å².